The summed E-state index contributed by atoms with van der Waals surface area (Å²) in [5, 5.41) is 3.59. The van der Waals surface area contributed by atoms with Gasteiger partial charge in [-0.1, -0.05) is 12.8 Å². The van der Waals surface area contributed by atoms with Gasteiger partial charge in [-0.05, 0) is 18.9 Å². The number of nitrogens with one attached hydrogen (secondary N) is 1. The number of hydrogen-bond acceptors (Lipinski definition) is 4. The van der Waals surface area contributed by atoms with Crippen LogP contribution in [0.5, 0.6) is 17.2 Å². The third-order valence-corrected chi connectivity index (χ3v) is 3.72. The third-order valence-electron chi connectivity index (χ3n) is 3.72. The van der Waals surface area contributed by atoms with Crippen molar-refractivity contribution in [2.24, 2.45) is 0 Å². The Hall–Kier alpha value is -1.42. The van der Waals surface area contributed by atoms with E-state index >= 15 is 0 Å². The monoisotopic (exact) mass is 265 g/mol. The van der Waals surface area contributed by atoms with Crippen molar-refractivity contribution in [3.05, 3.63) is 17.7 Å². The van der Waals surface area contributed by atoms with Crippen molar-refractivity contribution in [3.8, 4) is 17.2 Å². The largest absolute Gasteiger partial charge is 0.496 e. The van der Waals surface area contributed by atoms with Gasteiger partial charge < -0.3 is 19.5 Å². The molecule has 0 aromatic heterocycles. The second-order valence-electron chi connectivity index (χ2n) is 4.88. The van der Waals surface area contributed by atoms with E-state index in [4.69, 9.17) is 14.2 Å². The highest BCUT2D eigenvalue weighted by atomic mass is 16.5. The fourth-order valence-electron chi connectivity index (χ4n) is 2.61. The van der Waals surface area contributed by atoms with Gasteiger partial charge in [0.15, 0.2) is 11.5 Å². The van der Waals surface area contributed by atoms with Crippen molar-refractivity contribution in [2.75, 3.05) is 21.3 Å². The minimum Gasteiger partial charge on any atom is -0.496 e. The van der Waals surface area contributed by atoms with Crippen LogP contribution in [0.1, 0.15) is 31.2 Å². The molecule has 4 nitrogen and oxygen atoms in total. The van der Waals surface area contributed by atoms with E-state index in [-0.39, 0.29) is 0 Å². The number of methoxy groups -OCH3 is 3. The van der Waals surface area contributed by atoms with Crippen molar-refractivity contribution < 1.29 is 14.2 Å². The molecule has 1 saturated carbocycles. The summed E-state index contributed by atoms with van der Waals surface area (Å²) in [5.41, 5.74) is 1.10. The molecule has 1 aromatic carbocycles. The average molecular weight is 265 g/mol. The molecule has 0 bridgehead atoms. The zero-order valence-corrected chi connectivity index (χ0v) is 12.0. The zero-order valence-electron chi connectivity index (χ0n) is 12.0. The lowest BCUT2D eigenvalue weighted by Crippen LogP contribution is -2.25. The van der Waals surface area contributed by atoms with Crippen molar-refractivity contribution in [1.82, 2.24) is 5.32 Å². The van der Waals surface area contributed by atoms with Crippen LogP contribution in [0.4, 0.5) is 0 Å². The van der Waals surface area contributed by atoms with Gasteiger partial charge in [0.25, 0.3) is 0 Å². The molecule has 1 N–H and O–H groups in total. The van der Waals surface area contributed by atoms with E-state index in [1.165, 1.54) is 25.7 Å². The van der Waals surface area contributed by atoms with Gasteiger partial charge in [0.2, 0.25) is 0 Å². The summed E-state index contributed by atoms with van der Waals surface area (Å²) in [4.78, 5) is 0. The fourth-order valence-corrected chi connectivity index (χ4v) is 2.61. The van der Waals surface area contributed by atoms with E-state index in [1.54, 1.807) is 21.3 Å². The molecular weight excluding hydrogens is 242 g/mol. The van der Waals surface area contributed by atoms with Gasteiger partial charge in [-0.25, -0.2) is 0 Å². The van der Waals surface area contributed by atoms with Crippen LogP contribution in [0.3, 0.4) is 0 Å². The Kier molecular flexibility index (Phi) is 4.91. The third kappa shape index (κ3) is 3.32. The first kappa shape index (κ1) is 14.0. The highest BCUT2D eigenvalue weighted by Crippen LogP contribution is 2.34. The Morgan fingerprint density at radius 2 is 1.53 bits per heavy atom. The Balaban J connectivity index is 2.12. The molecule has 0 spiro atoms. The average Bonchev–Trinajstić information content (AvgIpc) is 2.97. The highest BCUT2D eigenvalue weighted by Gasteiger charge is 2.16. The lowest BCUT2D eigenvalue weighted by atomic mass is 10.1. The normalized spacial score (nSPS) is 15.5. The van der Waals surface area contributed by atoms with Gasteiger partial charge in [0, 0.05) is 24.2 Å². The van der Waals surface area contributed by atoms with E-state index < -0.39 is 0 Å². The quantitative estimate of drug-likeness (QED) is 0.858. The summed E-state index contributed by atoms with van der Waals surface area (Å²) in [6.45, 7) is 0.800. The maximum Gasteiger partial charge on any atom is 0.164 e. The molecular formula is C15H23NO3. The molecule has 106 valence electrons. The minimum absolute atomic E-state index is 0.637. The van der Waals surface area contributed by atoms with Crippen LogP contribution >= 0.6 is 0 Å². The summed E-state index contributed by atoms with van der Waals surface area (Å²) < 4.78 is 16.1. The van der Waals surface area contributed by atoms with E-state index in [1.807, 2.05) is 12.1 Å². The lowest BCUT2D eigenvalue weighted by molar-refractivity contribution is 0.346. The van der Waals surface area contributed by atoms with E-state index in [0.29, 0.717) is 11.8 Å². The van der Waals surface area contributed by atoms with Gasteiger partial charge in [-0.15, -0.1) is 0 Å². The SMILES string of the molecule is COc1cc(OC)c(OC)cc1CNC1CCCC1. The topological polar surface area (TPSA) is 39.7 Å². The minimum atomic E-state index is 0.637. The molecule has 1 aliphatic rings. The van der Waals surface area contributed by atoms with Gasteiger partial charge in [-0.3, -0.25) is 0 Å². The summed E-state index contributed by atoms with van der Waals surface area (Å²) >= 11 is 0. The molecule has 0 amide bonds. The Morgan fingerprint density at radius 3 is 2.11 bits per heavy atom. The summed E-state index contributed by atoms with van der Waals surface area (Å²) in [5.74, 6) is 2.28. The molecule has 0 radical (unpaired) electrons. The number of rotatable bonds is 6. The van der Waals surface area contributed by atoms with Gasteiger partial charge in [0.05, 0.1) is 21.3 Å². The predicted octanol–water partition coefficient (Wildman–Crippen LogP) is 2.74. The van der Waals surface area contributed by atoms with E-state index in [0.717, 1.165) is 23.6 Å². The molecule has 0 unspecified atom stereocenters. The first-order chi connectivity index (χ1) is 9.28. The summed E-state index contributed by atoms with van der Waals surface area (Å²) in [7, 11) is 4.96. The molecule has 0 aliphatic heterocycles. The molecule has 1 aromatic rings. The van der Waals surface area contributed by atoms with Gasteiger partial charge in [-0.2, -0.15) is 0 Å². The van der Waals surface area contributed by atoms with Gasteiger partial charge >= 0.3 is 0 Å². The summed E-state index contributed by atoms with van der Waals surface area (Å²) in [6, 6.07) is 4.50. The maximum atomic E-state index is 5.43. The van der Waals surface area contributed by atoms with Crippen LogP contribution in [0.15, 0.2) is 12.1 Å². The number of benzene rings is 1. The summed E-state index contributed by atoms with van der Waals surface area (Å²) in [6.07, 6.45) is 5.21. The predicted molar refractivity (Wildman–Crippen MR) is 75.2 cm³/mol. The van der Waals surface area contributed by atoms with Crippen LogP contribution in [0.25, 0.3) is 0 Å². The Labute approximate surface area is 115 Å². The van der Waals surface area contributed by atoms with Crippen molar-refractivity contribution in [2.45, 2.75) is 38.3 Å². The molecule has 1 aliphatic carbocycles. The number of ether oxygens (including phenoxy) is 3. The molecule has 0 atom stereocenters. The van der Waals surface area contributed by atoms with Crippen LogP contribution in [0, 0.1) is 0 Å². The van der Waals surface area contributed by atoms with Crippen LogP contribution in [0.2, 0.25) is 0 Å². The van der Waals surface area contributed by atoms with Crippen LogP contribution in [-0.4, -0.2) is 27.4 Å². The van der Waals surface area contributed by atoms with Crippen LogP contribution in [-0.2, 0) is 6.54 Å². The zero-order chi connectivity index (χ0) is 13.7. The van der Waals surface area contributed by atoms with E-state index in [2.05, 4.69) is 5.32 Å². The molecule has 2 rings (SSSR count). The molecule has 0 heterocycles. The van der Waals surface area contributed by atoms with Gasteiger partial charge in [0.1, 0.15) is 5.75 Å². The van der Waals surface area contributed by atoms with Crippen molar-refractivity contribution in [3.63, 3.8) is 0 Å². The standard InChI is InChI=1S/C15H23NO3/c1-17-13-9-15(19-3)14(18-2)8-11(13)10-16-12-6-4-5-7-12/h8-9,12,16H,4-7,10H2,1-3H3. The fraction of sp³-hybridized carbons (Fsp3) is 0.600. The Bertz CT molecular complexity index is 414. The highest BCUT2D eigenvalue weighted by molar-refractivity contribution is 5.50. The Morgan fingerprint density at radius 1 is 0.947 bits per heavy atom. The van der Waals surface area contributed by atoms with Crippen molar-refractivity contribution >= 4 is 0 Å². The van der Waals surface area contributed by atoms with Crippen molar-refractivity contribution in [1.29, 1.82) is 0 Å². The second-order valence-corrected chi connectivity index (χ2v) is 4.88. The first-order valence-corrected chi connectivity index (χ1v) is 6.80. The molecule has 4 heteroatoms. The van der Waals surface area contributed by atoms with Crippen LogP contribution < -0.4 is 19.5 Å². The lowest BCUT2D eigenvalue weighted by Gasteiger charge is -2.16. The number of hydrogen-bond donors (Lipinski definition) is 1. The molecule has 19 heavy (non-hydrogen) atoms. The maximum absolute atomic E-state index is 5.43. The smallest absolute Gasteiger partial charge is 0.164 e. The second kappa shape index (κ2) is 6.66. The van der Waals surface area contributed by atoms with E-state index in [9.17, 15) is 0 Å². The molecule has 0 saturated heterocycles. The molecule has 1 fully saturated rings. The first-order valence-electron chi connectivity index (χ1n) is 6.80.